The van der Waals surface area contributed by atoms with Gasteiger partial charge in [0, 0.05) is 11.7 Å². The highest BCUT2D eigenvalue weighted by Crippen LogP contribution is 2.32. The number of hydrogen-bond acceptors (Lipinski definition) is 2. The van der Waals surface area contributed by atoms with E-state index in [1.165, 1.54) is 0 Å². The van der Waals surface area contributed by atoms with Gasteiger partial charge in [0.2, 0.25) is 0 Å². The van der Waals surface area contributed by atoms with Gasteiger partial charge in [-0.3, -0.25) is 0 Å². The Morgan fingerprint density at radius 2 is 1.71 bits per heavy atom. The molecule has 112 valence electrons. The van der Waals surface area contributed by atoms with E-state index in [2.05, 4.69) is 5.32 Å². The van der Waals surface area contributed by atoms with Crippen molar-refractivity contribution in [2.24, 2.45) is 5.73 Å². The van der Waals surface area contributed by atoms with Gasteiger partial charge in [0.1, 0.15) is 5.82 Å². The third kappa shape index (κ3) is 3.52. The summed E-state index contributed by atoms with van der Waals surface area (Å²) in [6.07, 6.45) is -4.57. The Labute approximate surface area is 119 Å². The summed E-state index contributed by atoms with van der Waals surface area (Å²) in [5.74, 6) is -0.968. The van der Waals surface area contributed by atoms with Crippen molar-refractivity contribution in [1.29, 1.82) is 0 Å². The van der Waals surface area contributed by atoms with E-state index in [9.17, 15) is 17.6 Å². The number of nitrogens with one attached hydrogen (secondary N) is 1. The van der Waals surface area contributed by atoms with Gasteiger partial charge in [0.05, 0.1) is 11.3 Å². The minimum atomic E-state index is -4.57. The van der Waals surface area contributed by atoms with Crippen LogP contribution >= 0.6 is 0 Å². The first-order valence-corrected chi connectivity index (χ1v) is 6.27. The van der Waals surface area contributed by atoms with Gasteiger partial charge in [0.25, 0.3) is 0 Å². The number of hydrogen-bond donors (Lipinski definition) is 2. The van der Waals surface area contributed by atoms with Crippen LogP contribution in [0.5, 0.6) is 0 Å². The fourth-order valence-corrected chi connectivity index (χ4v) is 1.95. The number of benzene rings is 2. The Bertz CT molecular complexity index is 636. The molecule has 0 saturated heterocycles. The van der Waals surface area contributed by atoms with Crippen LogP contribution in [-0.2, 0) is 6.18 Å². The number of anilines is 2. The maximum Gasteiger partial charge on any atom is 0.416 e. The first-order valence-electron chi connectivity index (χ1n) is 6.27. The summed E-state index contributed by atoms with van der Waals surface area (Å²) in [6, 6.07) is 9.06. The number of halogens is 4. The molecule has 1 unspecified atom stereocenters. The first-order chi connectivity index (χ1) is 9.79. The molecule has 6 heteroatoms. The number of para-hydroxylation sites is 1. The highest BCUT2D eigenvalue weighted by Gasteiger charge is 2.31. The van der Waals surface area contributed by atoms with Crippen LogP contribution in [0.3, 0.4) is 0 Å². The number of nitrogens with two attached hydrogens (primary N) is 1. The van der Waals surface area contributed by atoms with E-state index >= 15 is 0 Å². The molecule has 0 spiro atoms. The van der Waals surface area contributed by atoms with E-state index in [0.29, 0.717) is 11.8 Å². The van der Waals surface area contributed by atoms with Gasteiger partial charge in [0.15, 0.2) is 0 Å². The molecule has 0 fully saturated rings. The van der Waals surface area contributed by atoms with Crippen LogP contribution in [0.15, 0.2) is 42.5 Å². The van der Waals surface area contributed by atoms with Crippen LogP contribution in [0.25, 0.3) is 0 Å². The zero-order chi connectivity index (χ0) is 15.6. The SMILES string of the molecule is CC(N)c1ccccc1Nc1ccc(C(F)(F)F)cc1F. The van der Waals surface area contributed by atoms with Crippen molar-refractivity contribution in [2.45, 2.75) is 19.1 Å². The molecule has 3 N–H and O–H groups in total. The molecule has 0 aliphatic rings. The minimum absolute atomic E-state index is 0.0314. The summed E-state index contributed by atoms with van der Waals surface area (Å²) < 4.78 is 51.3. The lowest BCUT2D eigenvalue weighted by Gasteiger charge is -2.15. The first kappa shape index (κ1) is 15.3. The van der Waals surface area contributed by atoms with Crippen LogP contribution in [0.2, 0.25) is 0 Å². The minimum Gasteiger partial charge on any atom is -0.353 e. The van der Waals surface area contributed by atoms with E-state index in [0.717, 1.165) is 17.7 Å². The monoisotopic (exact) mass is 298 g/mol. The van der Waals surface area contributed by atoms with Gasteiger partial charge < -0.3 is 11.1 Å². The van der Waals surface area contributed by atoms with E-state index in [1.54, 1.807) is 31.2 Å². The largest absolute Gasteiger partial charge is 0.416 e. The molecule has 2 rings (SSSR count). The molecule has 21 heavy (non-hydrogen) atoms. The summed E-state index contributed by atoms with van der Waals surface area (Å²) in [4.78, 5) is 0. The van der Waals surface area contributed by atoms with Crippen molar-refractivity contribution in [3.05, 3.63) is 59.4 Å². The zero-order valence-corrected chi connectivity index (χ0v) is 11.2. The van der Waals surface area contributed by atoms with Crippen molar-refractivity contribution in [3.8, 4) is 0 Å². The van der Waals surface area contributed by atoms with Gasteiger partial charge in [-0.15, -0.1) is 0 Å². The van der Waals surface area contributed by atoms with Gasteiger partial charge in [-0.25, -0.2) is 4.39 Å². The second-order valence-electron chi connectivity index (χ2n) is 4.69. The Morgan fingerprint density at radius 1 is 1.05 bits per heavy atom. The molecule has 0 radical (unpaired) electrons. The molecule has 0 heterocycles. The molecule has 2 aromatic rings. The summed E-state index contributed by atoms with van der Waals surface area (Å²) >= 11 is 0. The lowest BCUT2D eigenvalue weighted by molar-refractivity contribution is -0.137. The predicted octanol–water partition coefficient (Wildman–Crippen LogP) is 4.61. The molecule has 2 nitrogen and oxygen atoms in total. The van der Waals surface area contributed by atoms with Gasteiger partial charge in [-0.1, -0.05) is 18.2 Å². The van der Waals surface area contributed by atoms with E-state index in [-0.39, 0.29) is 11.7 Å². The fraction of sp³-hybridized carbons (Fsp3) is 0.200. The second kappa shape index (κ2) is 5.73. The van der Waals surface area contributed by atoms with E-state index < -0.39 is 17.6 Å². The molecule has 1 atom stereocenters. The Morgan fingerprint density at radius 3 is 2.29 bits per heavy atom. The Hall–Kier alpha value is -2.08. The molecule has 2 aromatic carbocycles. The topological polar surface area (TPSA) is 38.0 Å². The molecule has 0 bridgehead atoms. The molecule has 0 saturated carbocycles. The van der Waals surface area contributed by atoms with Crippen molar-refractivity contribution in [2.75, 3.05) is 5.32 Å². The summed E-state index contributed by atoms with van der Waals surface area (Å²) in [5.41, 5.74) is 6.06. The van der Waals surface area contributed by atoms with Gasteiger partial charge >= 0.3 is 6.18 Å². The van der Waals surface area contributed by atoms with Gasteiger partial charge in [-0.05, 0) is 36.8 Å². The van der Waals surface area contributed by atoms with Crippen LogP contribution in [-0.4, -0.2) is 0 Å². The predicted molar refractivity (Wildman–Crippen MR) is 73.7 cm³/mol. The molecule has 0 aromatic heterocycles. The maximum absolute atomic E-state index is 13.8. The maximum atomic E-state index is 13.8. The zero-order valence-electron chi connectivity index (χ0n) is 11.2. The van der Waals surface area contributed by atoms with Crippen molar-refractivity contribution in [1.82, 2.24) is 0 Å². The van der Waals surface area contributed by atoms with Crippen molar-refractivity contribution < 1.29 is 17.6 Å². The fourth-order valence-electron chi connectivity index (χ4n) is 1.95. The third-order valence-electron chi connectivity index (χ3n) is 3.02. The molecular weight excluding hydrogens is 284 g/mol. The average molecular weight is 298 g/mol. The van der Waals surface area contributed by atoms with E-state index in [1.807, 2.05) is 0 Å². The quantitative estimate of drug-likeness (QED) is 0.812. The molecule has 0 aliphatic carbocycles. The Balaban J connectivity index is 2.33. The van der Waals surface area contributed by atoms with E-state index in [4.69, 9.17) is 5.73 Å². The standard InChI is InChI=1S/C15H14F4N2/c1-9(20)11-4-2-3-5-13(11)21-14-7-6-10(8-12(14)16)15(17,18)19/h2-9,21H,20H2,1H3. The number of alkyl halides is 3. The summed E-state index contributed by atoms with van der Waals surface area (Å²) in [7, 11) is 0. The summed E-state index contributed by atoms with van der Waals surface area (Å²) in [5, 5.41) is 2.78. The Kier molecular flexibility index (Phi) is 4.18. The lowest BCUT2D eigenvalue weighted by atomic mass is 10.1. The average Bonchev–Trinajstić information content (AvgIpc) is 2.40. The van der Waals surface area contributed by atoms with Crippen molar-refractivity contribution in [3.63, 3.8) is 0 Å². The van der Waals surface area contributed by atoms with Crippen LogP contribution < -0.4 is 11.1 Å². The molecular formula is C15H14F4N2. The van der Waals surface area contributed by atoms with Gasteiger partial charge in [-0.2, -0.15) is 13.2 Å². The molecule has 0 amide bonds. The summed E-state index contributed by atoms with van der Waals surface area (Å²) in [6.45, 7) is 1.77. The van der Waals surface area contributed by atoms with Crippen LogP contribution in [0.1, 0.15) is 24.1 Å². The van der Waals surface area contributed by atoms with Crippen LogP contribution in [0, 0.1) is 5.82 Å². The smallest absolute Gasteiger partial charge is 0.353 e. The van der Waals surface area contributed by atoms with Crippen molar-refractivity contribution >= 4 is 11.4 Å². The number of rotatable bonds is 3. The normalized spacial score (nSPS) is 13.0. The highest BCUT2D eigenvalue weighted by atomic mass is 19.4. The molecule has 0 aliphatic heterocycles. The highest BCUT2D eigenvalue weighted by molar-refractivity contribution is 5.64. The lowest BCUT2D eigenvalue weighted by Crippen LogP contribution is -2.09. The van der Waals surface area contributed by atoms with Crippen LogP contribution in [0.4, 0.5) is 28.9 Å². The third-order valence-corrected chi connectivity index (χ3v) is 3.02. The second-order valence-corrected chi connectivity index (χ2v) is 4.69.